The first kappa shape index (κ1) is 6.53. The largest absolute Gasteiger partial charge is 0.508 e. The fourth-order valence-corrected chi connectivity index (χ4v) is 1.46. The van der Waals surface area contributed by atoms with E-state index >= 15 is 0 Å². The molecule has 0 unspecified atom stereocenters. The fourth-order valence-electron chi connectivity index (χ4n) is 1.46. The molecule has 0 amide bonds. The summed E-state index contributed by atoms with van der Waals surface area (Å²) < 4.78 is 0. The van der Waals surface area contributed by atoms with E-state index in [-0.39, 0.29) is 0 Å². The zero-order valence-electron chi connectivity index (χ0n) is 6.52. The first-order chi connectivity index (χ1) is 5.27. The van der Waals surface area contributed by atoms with E-state index in [0.717, 1.165) is 24.2 Å². The highest BCUT2D eigenvalue weighted by atomic mass is 16.3. The minimum atomic E-state index is 0.387. The van der Waals surface area contributed by atoms with Gasteiger partial charge in [-0.05, 0) is 24.5 Å². The van der Waals surface area contributed by atoms with Crippen molar-refractivity contribution in [3.63, 3.8) is 0 Å². The molecule has 1 aliphatic heterocycles. The first-order valence-corrected chi connectivity index (χ1v) is 3.84. The third-order valence-corrected chi connectivity index (χ3v) is 2.13. The number of hydrogen-bond donors (Lipinski definition) is 2. The van der Waals surface area contributed by atoms with E-state index in [0.29, 0.717) is 5.75 Å². The molecule has 1 heterocycles. The van der Waals surface area contributed by atoms with E-state index in [4.69, 9.17) is 0 Å². The molecule has 2 rings (SSSR count). The van der Waals surface area contributed by atoms with Crippen LogP contribution in [0.2, 0.25) is 0 Å². The molecule has 0 saturated carbocycles. The maximum Gasteiger partial charge on any atom is 0.120 e. The zero-order valence-corrected chi connectivity index (χ0v) is 6.52. The molecule has 58 valence electrons. The van der Waals surface area contributed by atoms with Crippen molar-refractivity contribution in [1.29, 1.82) is 0 Å². The minimum Gasteiger partial charge on any atom is -0.508 e. The summed E-state index contributed by atoms with van der Waals surface area (Å²) in [6.45, 7) is 2.92. The summed E-state index contributed by atoms with van der Waals surface area (Å²) >= 11 is 0. The van der Waals surface area contributed by atoms with Gasteiger partial charge < -0.3 is 10.4 Å². The van der Waals surface area contributed by atoms with Crippen molar-refractivity contribution in [2.75, 3.05) is 11.9 Å². The summed E-state index contributed by atoms with van der Waals surface area (Å²) in [5.74, 6) is 0.387. The van der Waals surface area contributed by atoms with E-state index in [1.807, 2.05) is 13.0 Å². The third kappa shape index (κ3) is 0.946. The summed E-state index contributed by atoms with van der Waals surface area (Å²) in [4.78, 5) is 0. The average molecular weight is 149 g/mol. The van der Waals surface area contributed by atoms with Gasteiger partial charge in [-0.15, -0.1) is 0 Å². The molecule has 11 heavy (non-hydrogen) atoms. The van der Waals surface area contributed by atoms with E-state index in [9.17, 15) is 5.11 Å². The Labute approximate surface area is 65.9 Å². The highest BCUT2D eigenvalue weighted by molar-refractivity contribution is 5.60. The molecule has 0 bridgehead atoms. The maximum atomic E-state index is 9.34. The molecule has 2 N–H and O–H groups in total. The molecule has 2 heteroatoms. The van der Waals surface area contributed by atoms with Gasteiger partial charge in [0.1, 0.15) is 5.75 Å². The average Bonchev–Trinajstić information content (AvgIpc) is 2.36. The Balaban J connectivity index is 2.57. The van der Waals surface area contributed by atoms with Crippen LogP contribution < -0.4 is 5.32 Å². The van der Waals surface area contributed by atoms with Gasteiger partial charge in [0.25, 0.3) is 0 Å². The molecule has 0 fully saturated rings. The molecule has 0 atom stereocenters. The van der Waals surface area contributed by atoms with E-state index in [1.54, 1.807) is 6.07 Å². The van der Waals surface area contributed by atoms with Crippen molar-refractivity contribution in [3.8, 4) is 5.75 Å². The molecular weight excluding hydrogens is 138 g/mol. The molecule has 2 nitrogen and oxygen atoms in total. The van der Waals surface area contributed by atoms with Crippen molar-refractivity contribution >= 4 is 5.69 Å². The number of phenols is 1. The molecule has 1 aliphatic rings. The molecule has 1 aromatic carbocycles. The molecule has 0 aromatic heterocycles. The predicted octanol–water partition coefficient (Wildman–Crippen LogP) is 1.67. The molecule has 0 saturated heterocycles. The van der Waals surface area contributed by atoms with Gasteiger partial charge in [-0.2, -0.15) is 0 Å². The molecule has 0 spiro atoms. The summed E-state index contributed by atoms with van der Waals surface area (Å²) in [5.41, 5.74) is 3.38. The number of phenolic OH excluding ortho intramolecular Hbond substituents is 1. The van der Waals surface area contributed by atoms with Gasteiger partial charge in [-0.1, -0.05) is 6.07 Å². The monoisotopic (exact) mass is 149 g/mol. The van der Waals surface area contributed by atoms with Crippen LogP contribution in [0.4, 0.5) is 5.69 Å². The maximum absolute atomic E-state index is 9.34. The van der Waals surface area contributed by atoms with Crippen LogP contribution in [0.25, 0.3) is 0 Å². The van der Waals surface area contributed by atoms with Gasteiger partial charge in [-0.25, -0.2) is 0 Å². The fraction of sp³-hybridized carbons (Fsp3) is 0.333. The Morgan fingerprint density at radius 3 is 3.09 bits per heavy atom. The number of hydrogen-bond acceptors (Lipinski definition) is 2. The van der Waals surface area contributed by atoms with Crippen LogP contribution in [0.1, 0.15) is 11.1 Å². The second-order valence-electron chi connectivity index (χ2n) is 2.97. The van der Waals surface area contributed by atoms with Crippen LogP contribution in [0.15, 0.2) is 12.1 Å². The van der Waals surface area contributed by atoms with Crippen LogP contribution in [0, 0.1) is 6.92 Å². The number of aromatic hydroxyl groups is 1. The smallest absolute Gasteiger partial charge is 0.120 e. The van der Waals surface area contributed by atoms with Gasteiger partial charge in [0.05, 0.1) is 0 Å². The van der Waals surface area contributed by atoms with Gasteiger partial charge in [-0.3, -0.25) is 0 Å². The van der Waals surface area contributed by atoms with Gasteiger partial charge in [0.2, 0.25) is 0 Å². The van der Waals surface area contributed by atoms with Crippen LogP contribution >= 0.6 is 0 Å². The van der Waals surface area contributed by atoms with Crippen molar-refractivity contribution in [2.24, 2.45) is 0 Å². The standard InChI is InChI=1S/C9H11NO/c1-6-4-7-2-3-10-8(7)5-9(6)11/h4-5,10-11H,2-3H2,1H3. The third-order valence-electron chi connectivity index (χ3n) is 2.13. The van der Waals surface area contributed by atoms with Crippen molar-refractivity contribution in [2.45, 2.75) is 13.3 Å². The molecular formula is C9H11NO. The second-order valence-corrected chi connectivity index (χ2v) is 2.97. The quantitative estimate of drug-likeness (QED) is 0.588. The van der Waals surface area contributed by atoms with Crippen molar-refractivity contribution in [3.05, 3.63) is 23.3 Å². The predicted molar refractivity (Wildman–Crippen MR) is 45.0 cm³/mol. The molecule has 0 aliphatic carbocycles. The number of nitrogens with one attached hydrogen (secondary N) is 1. The van der Waals surface area contributed by atoms with Crippen LogP contribution in [0.5, 0.6) is 5.75 Å². The van der Waals surface area contributed by atoms with E-state index < -0.39 is 0 Å². The number of rotatable bonds is 0. The summed E-state index contributed by atoms with van der Waals surface area (Å²) in [5, 5.41) is 12.6. The van der Waals surface area contributed by atoms with Crippen LogP contribution in [-0.2, 0) is 6.42 Å². The van der Waals surface area contributed by atoms with Crippen LogP contribution in [-0.4, -0.2) is 11.7 Å². The molecule has 0 radical (unpaired) electrons. The van der Waals surface area contributed by atoms with E-state index in [2.05, 4.69) is 5.32 Å². The highest BCUT2D eigenvalue weighted by Gasteiger charge is 2.11. The second kappa shape index (κ2) is 2.16. The Kier molecular flexibility index (Phi) is 1.28. The normalized spacial score (nSPS) is 14.3. The summed E-state index contributed by atoms with van der Waals surface area (Å²) in [6, 6.07) is 3.85. The minimum absolute atomic E-state index is 0.387. The van der Waals surface area contributed by atoms with Gasteiger partial charge >= 0.3 is 0 Å². The summed E-state index contributed by atoms with van der Waals surface area (Å²) in [6.07, 6.45) is 1.08. The zero-order chi connectivity index (χ0) is 7.84. The lowest BCUT2D eigenvalue weighted by molar-refractivity contribution is 0.471. The summed E-state index contributed by atoms with van der Waals surface area (Å²) in [7, 11) is 0. The van der Waals surface area contributed by atoms with E-state index in [1.165, 1.54) is 5.56 Å². The van der Waals surface area contributed by atoms with Gasteiger partial charge in [0, 0.05) is 18.3 Å². The Morgan fingerprint density at radius 2 is 2.27 bits per heavy atom. The lowest BCUT2D eigenvalue weighted by Crippen LogP contribution is -1.90. The lowest BCUT2D eigenvalue weighted by Gasteiger charge is -2.02. The van der Waals surface area contributed by atoms with Gasteiger partial charge in [0.15, 0.2) is 0 Å². The lowest BCUT2D eigenvalue weighted by atomic mass is 10.1. The SMILES string of the molecule is Cc1cc2c(cc1O)NCC2. The Bertz CT molecular complexity index is 265. The van der Waals surface area contributed by atoms with Crippen molar-refractivity contribution < 1.29 is 5.11 Å². The Morgan fingerprint density at radius 1 is 1.45 bits per heavy atom. The first-order valence-electron chi connectivity index (χ1n) is 3.84. The number of aryl methyl sites for hydroxylation is 1. The number of benzene rings is 1. The van der Waals surface area contributed by atoms with Crippen molar-refractivity contribution in [1.82, 2.24) is 0 Å². The Hall–Kier alpha value is -1.18. The molecule has 1 aromatic rings. The number of anilines is 1. The highest BCUT2D eigenvalue weighted by Crippen LogP contribution is 2.29. The number of fused-ring (bicyclic) bond motifs is 1. The van der Waals surface area contributed by atoms with Crippen LogP contribution in [0.3, 0.4) is 0 Å². The topological polar surface area (TPSA) is 32.3 Å².